The molecule has 0 radical (unpaired) electrons. The Morgan fingerprint density at radius 2 is 1.56 bits per heavy atom. The van der Waals surface area contributed by atoms with Crippen LogP contribution in [-0.4, -0.2) is 29.9 Å². The largest absolute Gasteiger partial charge is 0.444 e. The van der Waals surface area contributed by atoms with Crippen molar-refractivity contribution in [3.05, 3.63) is 71.3 Å². The Bertz CT molecular complexity index is 719. The average Bonchev–Trinajstić information content (AvgIpc) is 2.67. The predicted molar refractivity (Wildman–Crippen MR) is 96.2 cm³/mol. The van der Waals surface area contributed by atoms with Gasteiger partial charge < -0.3 is 9.64 Å². The highest BCUT2D eigenvalue weighted by Crippen LogP contribution is 2.24. The lowest BCUT2D eigenvalue weighted by atomic mass is 10.1. The molecule has 1 aliphatic heterocycles. The Kier molecular flexibility index (Phi) is 5.49. The van der Waals surface area contributed by atoms with Gasteiger partial charge in [0.15, 0.2) is 0 Å². The van der Waals surface area contributed by atoms with Gasteiger partial charge in [-0.25, -0.2) is 4.79 Å². The third-order valence-corrected chi connectivity index (χ3v) is 4.51. The summed E-state index contributed by atoms with van der Waals surface area (Å²) in [5.41, 5.74) is 2.23. The zero-order valence-electron chi connectivity index (χ0n) is 14.5. The van der Waals surface area contributed by atoms with Crippen LogP contribution in [-0.2, 0) is 9.53 Å². The summed E-state index contributed by atoms with van der Waals surface area (Å²) >= 11 is 0. The Balaban J connectivity index is 1.82. The second-order valence-electron chi connectivity index (χ2n) is 6.45. The van der Waals surface area contributed by atoms with Crippen molar-refractivity contribution in [3.63, 3.8) is 0 Å². The fraction of sp³-hybridized carbons (Fsp3) is 0.333. The summed E-state index contributed by atoms with van der Waals surface area (Å²) < 4.78 is 5.65. The number of hydrogen-bond donors (Lipinski definition) is 0. The molecule has 4 nitrogen and oxygen atoms in total. The normalized spacial score (nSPS) is 15.5. The van der Waals surface area contributed by atoms with E-state index in [1.165, 1.54) is 0 Å². The van der Waals surface area contributed by atoms with E-state index in [1.54, 1.807) is 12.1 Å². The number of likely N-dealkylation sites (tertiary alicyclic amines) is 1. The number of ether oxygens (including phenoxy) is 1. The van der Waals surface area contributed by atoms with E-state index < -0.39 is 12.1 Å². The molecule has 1 atom stereocenters. The zero-order valence-corrected chi connectivity index (χ0v) is 14.5. The zero-order chi connectivity index (χ0) is 17.6. The molecule has 0 spiro atoms. The molecule has 2 aromatic rings. The molecule has 0 aliphatic carbocycles. The van der Waals surface area contributed by atoms with Gasteiger partial charge in [0.2, 0.25) is 6.10 Å². The summed E-state index contributed by atoms with van der Waals surface area (Å²) in [4.78, 5) is 27.3. The Morgan fingerprint density at radius 1 is 0.920 bits per heavy atom. The minimum absolute atomic E-state index is 0.133. The van der Waals surface area contributed by atoms with Gasteiger partial charge in [-0.1, -0.05) is 48.0 Å². The molecule has 1 aliphatic rings. The molecular formula is C21H23NO3. The molecule has 4 heteroatoms. The first-order chi connectivity index (χ1) is 12.1. The summed E-state index contributed by atoms with van der Waals surface area (Å²) in [6.45, 7) is 3.41. The topological polar surface area (TPSA) is 46.6 Å². The van der Waals surface area contributed by atoms with Crippen molar-refractivity contribution in [2.24, 2.45) is 0 Å². The second kappa shape index (κ2) is 7.97. The number of hydrogen-bond acceptors (Lipinski definition) is 3. The van der Waals surface area contributed by atoms with Crippen molar-refractivity contribution in [2.75, 3.05) is 13.1 Å². The van der Waals surface area contributed by atoms with E-state index in [0.29, 0.717) is 11.1 Å². The first kappa shape index (κ1) is 17.2. The van der Waals surface area contributed by atoms with Crippen molar-refractivity contribution in [2.45, 2.75) is 32.3 Å². The van der Waals surface area contributed by atoms with Gasteiger partial charge in [-0.3, -0.25) is 4.79 Å². The number of esters is 1. The van der Waals surface area contributed by atoms with Crippen molar-refractivity contribution in [3.8, 4) is 0 Å². The average molecular weight is 337 g/mol. The van der Waals surface area contributed by atoms with Crippen LogP contribution in [0.3, 0.4) is 0 Å². The van der Waals surface area contributed by atoms with E-state index in [9.17, 15) is 9.59 Å². The predicted octanol–water partition coefficient (Wildman–Crippen LogP) is 3.91. The van der Waals surface area contributed by atoms with Crippen LogP contribution >= 0.6 is 0 Å². The number of benzene rings is 2. The van der Waals surface area contributed by atoms with E-state index >= 15 is 0 Å². The molecule has 1 heterocycles. The third-order valence-electron chi connectivity index (χ3n) is 4.51. The molecule has 0 aromatic heterocycles. The van der Waals surface area contributed by atoms with Gasteiger partial charge >= 0.3 is 5.97 Å². The highest BCUT2D eigenvalue weighted by Gasteiger charge is 2.30. The molecule has 0 N–H and O–H groups in total. The lowest BCUT2D eigenvalue weighted by Gasteiger charge is -2.30. The van der Waals surface area contributed by atoms with Crippen molar-refractivity contribution >= 4 is 11.9 Å². The summed E-state index contributed by atoms with van der Waals surface area (Å²) in [6, 6.07) is 16.4. The van der Waals surface area contributed by atoms with Gasteiger partial charge in [0.25, 0.3) is 5.91 Å². The standard InChI is InChI=1S/C21H23NO3/c1-16-10-12-18(13-11-16)21(24)25-19(17-8-4-2-5-9-17)20(23)22-14-6-3-7-15-22/h2,4-5,8-13,19H,3,6-7,14-15H2,1H3/t19-/m0/s1. The summed E-state index contributed by atoms with van der Waals surface area (Å²) in [5.74, 6) is -0.606. The SMILES string of the molecule is Cc1ccc(C(=O)O[C@H](C(=O)N2CCCCC2)c2ccccc2)cc1. The highest BCUT2D eigenvalue weighted by atomic mass is 16.5. The minimum Gasteiger partial charge on any atom is -0.444 e. The van der Waals surface area contributed by atoms with E-state index in [2.05, 4.69) is 0 Å². The summed E-state index contributed by atoms with van der Waals surface area (Å²) in [5, 5.41) is 0. The molecule has 1 saturated heterocycles. The van der Waals surface area contributed by atoms with Crippen molar-refractivity contribution < 1.29 is 14.3 Å². The van der Waals surface area contributed by atoms with E-state index in [4.69, 9.17) is 4.74 Å². The third kappa shape index (κ3) is 4.27. The molecule has 2 aromatic carbocycles. The number of rotatable bonds is 4. The van der Waals surface area contributed by atoms with Gasteiger partial charge in [0.1, 0.15) is 0 Å². The molecule has 130 valence electrons. The van der Waals surface area contributed by atoms with Crippen molar-refractivity contribution in [1.82, 2.24) is 4.90 Å². The Labute approximate surface area is 148 Å². The Morgan fingerprint density at radius 3 is 2.20 bits per heavy atom. The maximum Gasteiger partial charge on any atom is 0.339 e. The van der Waals surface area contributed by atoms with E-state index in [0.717, 1.165) is 37.9 Å². The van der Waals surface area contributed by atoms with Crippen LogP contribution in [0.4, 0.5) is 0 Å². The fourth-order valence-electron chi connectivity index (χ4n) is 3.03. The van der Waals surface area contributed by atoms with Crippen LogP contribution in [0.15, 0.2) is 54.6 Å². The Hall–Kier alpha value is -2.62. The first-order valence-corrected chi connectivity index (χ1v) is 8.76. The van der Waals surface area contributed by atoms with E-state index in [1.807, 2.05) is 54.3 Å². The number of carbonyl (C=O) groups is 2. The van der Waals surface area contributed by atoms with Crippen LogP contribution in [0, 0.1) is 6.92 Å². The van der Waals surface area contributed by atoms with Gasteiger partial charge in [-0.05, 0) is 38.3 Å². The van der Waals surface area contributed by atoms with Crippen LogP contribution < -0.4 is 0 Å². The van der Waals surface area contributed by atoms with Crippen molar-refractivity contribution in [1.29, 1.82) is 0 Å². The number of nitrogens with zero attached hydrogens (tertiary/aromatic N) is 1. The maximum atomic E-state index is 13.0. The first-order valence-electron chi connectivity index (χ1n) is 8.76. The van der Waals surface area contributed by atoms with Gasteiger partial charge in [0, 0.05) is 18.7 Å². The van der Waals surface area contributed by atoms with Crippen LogP contribution in [0.1, 0.15) is 46.9 Å². The molecular weight excluding hydrogens is 314 g/mol. The number of amides is 1. The molecule has 0 unspecified atom stereocenters. The molecule has 25 heavy (non-hydrogen) atoms. The van der Waals surface area contributed by atoms with Crippen LogP contribution in [0.2, 0.25) is 0 Å². The number of piperidine rings is 1. The molecule has 0 bridgehead atoms. The quantitative estimate of drug-likeness (QED) is 0.795. The fourth-order valence-corrected chi connectivity index (χ4v) is 3.03. The number of aryl methyl sites for hydroxylation is 1. The van der Waals surface area contributed by atoms with Gasteiger partial charge in [-0.15, -0.1) is 0 Å². The summed E-state index contributed by atoms with van der Waals surface area (Å²) in [6.07, 6.45) is 2.24. The van der Waals surface area contributed by atoms with Gasteiger partial charge in [0.05, 0.1) is 5.56 Å². The van der Waals surface area contributed by atoms with E-state index in [-0.39, 0.29) is 5.91 Å². The smallest absolute Gasteiger partial charge is 0.339 e. The molecule has 1 fully saturated rings. The van der Waals surface area contributed by atoms with Crippen LogP contribution in [0.5, 0.6) is 0 Å². The minimum atomic E-state index is -0.895. The molecule has 0 saturated carbocycles. The molecule has 3 rings (SSSR count). The van der Waals surface area contributed by atoms with Gasteiger partial charge in [-0.2, -0.15) is 0 Å². The lowest BCUT2D eigenvalue weighted by Crippen LogP contribution is -2.40. The monoisotopic (exact) mass is 337 g/mol. The second-order valence-corrected chi connectivity index (χ2v) is 6.45. The summed E-state index contributed by atoms with van der Waals surface area (Å²) in [7, 11) is 0. The van der Waals surface area contributed by atoms with Crippen LogP contribution in [0.25, 0.3) is 0 Å². The number of carbonyl (C=O) groups excluding carboxylic acids is 2. The lowest BCUT2D eigenvalue weighted by molar-refractivity contribution is -0.142. The maximum absolute atomic E-state index is 13.0. The molecule has 1 amide bonds. The highest BCUT2D eigenvalue weighted by molar-refractivity contribution is 5.92.